The van der Waals surface area contributed by atoms with Crippen molar-refractivity contribution in [2.75, 3.05) is 20.8 Å². The van der Waals surface area contributed by atoms with Gasteiger partial charge in [-0.1, -0.05) is 6.07 Å². The summed E-state index contributed by atoms with van der Waals surface area (Å²) < 4.78 is 48.6. The fourth-order valence-electron chi connectivity index (χ4n) is 2.64. The number of ether oxygens (including phenoxy) is 4. The van der Waals surface area contributed by atoms with Crippen molar-refractivity contribution < 1.29 is 32.5 Å². The van der Waals surface area contributed by atoms with Gasteiger partial charge in [0.2, 0.25) is 5.75 Å². The maximum atomic E-state index is 14.1. The highest BCUT2D eigenvalue weighted by molar-refractivity contribution is 7.21. The molecule has 0 atom stereocenters. The Hall–Kier alpha value is -2.94. The summed E-state index contributed by atoms with van der Waals surface area (Å²) in [6.45, 7) is 3.20. The van der Waals surface area contributed by atoms with Gasteiger partial charge in [0, 0.05) is 5.56 Å². The van der Waals surface area contributed by atoms with Crippen molar-refractivity contribution in [3.63, 3.8) is 0 Å². The maximum Gasteiger partial charge on any atom is 0.502 e. The highest BCUT2D eigenvalue weighted by atomic mass is 32.1. The molecule has 154 valence electrons. The van der Waals surface area contributed by atoms with Gasteiger partial charge in [-0.25, -0.2) is 9.78 Å². The molecule has 0 amide bonds. The van der Waals surface area contributed by atoms with E-state index in [9.17, 15) is 13.6 Å². The van der Waals surface area contributed by atoms with Crippen molar-refractivity contribution >= 4 is 27.5 Å². The van der Waals surface area contributed by atoms with Crippen LogP contribution in [0, 0.1) is 6.92 Å². The van der Waals surface area contributed by atoms with Crippen molar-refractivity contribution in [2.45, 2.75) is 20.0 Å². The van der Waals surface area contributed by atoms with Gasteiger partial charge in [-0.2, -0.15) is 8.78 Å². The number of halogens is 2. The molecule has 1 aromatic heterocycles. The third kappa shape index (κ3) is 4.24. The Morgan fingerprint density at radius 2 is 1.79 bits per heavy atom. The number of carbonyl (C=O) groups excluding carboxylic acids is 1. The van der Waals surface area contributed by atoms with Crippen LogP contribution in [-0.2, 0) is 9.53 Å². The number of esters is 1. The van der Waals surface area contributed by atoms with Crippen LogP contribution in [0.3, 0.4) is 0 Å². The summed E-state index contributed by atoms with van der Waals surface area (Å²) in [4.78, 5) is 16.1. The molecule has 0 bridgehead atoms. The van der Waals surface area contributed by atoms with Gasteiger partial charge in [0.25, 0.3) is 0 Å². The zero-order valence-corrected chi connectivity index (χ0v) is 17.1. The molecule has 1 heterocycles. The number of benzene rings is 2. The van der Waals surface area contributed by atoms with E-state index in [2.05, 4.69) is 14.5 Å². The van der Waals surface area contributed by atoms with Crippen molar-refractivity contribution in [3.05, 3.63) is 35.9 Å². The van der Waals surface area contributed by atoms with E-state index >= 15 is 0 Å². The van der Waals surface area contributed by atoms with E-state index in [0.717, 1.165) is 15.8 Å². The van der Waals surface area contributed by atoms with E-state index in [-0.39, 0.29) is 18.1 Å². The Balaban J connectivity index is 2.05. The van der Waals surface area contributed by atoms with E-state index in [0.29, 0.717) is 10.6 Å². The molecule has 0 aliphatic carbocycles. The molecule has 0 spiro atoms. The third-order valence-corrected chi connectivity index (χ3v) is 5.06. The number of rotatable bonds is 7. The predicted octanol–water partition coefficient (Wildman–Crippen LogP) is 4.82. The molecule has 3 rings (SSSR count). The van der Waals surface area contributed by atoms with Crippen LogP contribution in [-0.4, -0.2) is 37.9 Å². The summed E-state index contributed by atoms with van der Waals surface area (Å²) in [5, 5.41) is 0.658. The number of carbonyl (C=O) groups is 1. The largest absolute Gasteiger partial charge is 0.502 e. The predicted molar refractivity (Wildman–Crippen MR) is 105 cm³/mol. The van der Waals surface area contributed by atoms with Crippen LogP contribution in [0.15, 0.2) is 30.3 Å². The van der Waals surface area contributed by atoms with Gasteiger partial charge in [-0.3, -0.25) is 0 Å². The first-order chi connectivity index (χ1) is 13.8. The Bertz CT molecular complexity index is 1030. The van der Waals surface area contributed by atoms with Crippen LogP contribution in [0.25, 0.3) is 20.8 Å². The lowest BCUT2D eigenvalue weighted by atomic mass is 10.2. The van der Waals surface area contributed by atoms with Gasteiger partial charge in [-0.05, 0) is 43.7 Å². The van der Waals surface area contributed by atoms with Gasteiger partial charge >= 0.3 is 12.1 Å². The summed E-state index contributed by atoms with van der Waals surface area (Å²) in [5.74, 6) is -2.26. The Kier molecular flexibility index (Phi) is 5.88. The maximum absolute atomic E-state index is 14.1. The van der Waals surface area contributed by atoms with Crippen LogP contribution in [0.2, 0.25) is 0 Å². The lowest BCUT2D eigenvalue weighted by Crippen LogP contribution is -2.37. The van der Waals surface area contributed by atoms with Crippen LogP contribution in [0.5, 0.6) is 17.2 Å². The number of nitrogens with zero attached hydrogens (tertiary/aromatic N) is 1. The Labute approximate surface area is 170 Å². The van der Waals surface area contributed by atoms with E-state index in [1.165, 1.54) is 44.6 Å². The van der Waals surface area contributed by atoms with E-state index in [1.807, 2.05) is 25.1 Å². The first-order valence-corrected chi connectivity index (χ1v) is 9.48. The third-order valence-electron chi connectivity index (χ3n) is 3.99. The lowest BCUT2D eigenvalue weighted by Gasteiger charge is -2.20. The summed E-state index contributed by atoms with van der Waals surface area (Å²) >= 11 is 1.45. The Morgan fingerprint density at radius 1 is 1.14 bits per heavy atom. The highest BCUT2D eigenvalue weighted by Gasteiger charge is 2.45. The van der Waals surface area contributed by atoms with Gasteiger partial charge in [0.05, 0.1) is 31.0 Å². The van der Waals surface area contributed by atoms with Crippen molar-refractivity contribution in [2.24, 2.45) is 0 Å². The van der Waals surface area contributed by atoms with Crippen LogP contribution in [0.4, 0.5) is 8.78 Å². The molecule has 3 aromatic rings. The van der Waals surface area contributed by atoms with Gasteiger partial charge in [-0.15, -0.1) is 11.3 Å². The number of fused-ring (bicyclic) bond motifs is 1. The first kappa shape index (κ1) is 20.8. The summed E-state index contributed by atoms with van der Waals surface area (Å²) in [5.41, 5.74) is 2.53. The van der Waals surface area contributed by atoms with Crippen molar-refractivity contribution in [1.82, 2.24) is 4.98 Å². The monoisotopic (exact) mass is 423 g/mol. The molecule has 0 aliphatic rings. The van der Waals surface area contributed by atoms with E-state index in [1.54, 1.807) is 0 Å². The fraction of sp³-hybridized carbons (Fsp3) is 0.300. The van der Waals surface area contributed by atoms with Gasteiger partial charge in [0.15, 0.2) is 11.5 Å². The normalized spacial score (nSPS) is 11.4. The number of hydrogen-bond donors (Lipinski definition) is 0. The second-order valence-electron chi connectivity index (χ2n) is 6.04. The molecule has 6 nitrogen and oxygen atoms in total. The molecule has 9 heteroatoms. The molecule has 0 saturated heterocycles. The van der Waals surface area contributed by atoms with Crippen molar-refractivity contribution in [3.8, 4) is 27.8 Å². The molecule has 0 radical (unpaired) electrons. The van der Waals surface area contributed by atoms with Gasteiger partial charge < -0.3 is 18.9 Å². The minimum Gasteiger partial charge on any atom is -0.493 e. The average molecular weight is 423 g/mol. The lowest BCUT2D eigenvalue weighted by molar-refractivity contribution is -0.216. The minimum atomic E-state index is -4.20. The van der Waals surface area contributed by atoms with Crippen LogP contribution >= 0.6 is 11.3 Å². The summed E-state index contributed by atoms with van der Waals surface area (Å²) in [6, 6.07) is 8.90. The molecular weight excluding hydrogens is 404 g/mol. The van der Waals surface area contributed by atoms with Crippen LogP contribution in [0.1, 0.15) is 12.5 Å². The first-order valence-electron chi connectivity index (χ1n) is 8.66. The number of aromatic nitrogens is 1. The molecular formula is C20H19F2NO5S. The van der Waals surface area contributed by atoms with E-state index < -0.39 is 17.8 Å². The molecule has 0 saturated carbocycles. The number of aryl methyl sites for hydroxylation is 1. The zero-order valence-electron chi connectivity index (χ0n) is 16.2. The van der Waals surface area contributed by atoms with Gasteiger partial charge in [0.1, 0.15) is 5.01 Å². The number of thiazole rings is 1. The smallest absolute Gasteiger partial charge is 0.493 e. The average Bonchev–Trinajstić information content (AvgIpc) is 3.11. The summed E-state index contributed by atoms with van der Waals surface area (Å²) in [7, 11) is 2.60. The molecule has 0 fully saturated rings. The SMILES string of the molecule is CCOC(=O)C(F)(F)Oc1c(OC)cc(-c2nc3ccc(C)cc3s2)cc1OC. The number of methoxy groups -OCH3 is 2. The fourth-order valence-corrected chi connectivity index (χ4v) is 3.70. The second kappa shape index (κ2) is 8.20. The topological polar surface area (TPSA) is 66.9 Å². The summed E-state index contributed by atoms with van der Waals surface area (Å²) in [6.07, 6.45) is -4.20. The zero-order chi connectivity index (χ0) is 21.2. The molecule has 0 aliphatic heterocycles. The van der Waals surface area contributed by atoms with Crippen molar-refractivity contribution in [1.29, 1.82) is 0 Å². The highest BCUT2D eigenvalue weighted by Crippen LogP contribution is 2.45. The minimum absolute atomic E-state index is 0.0289. The Morgan fingerprint density at radius 3 is 2.38 bits per heavy atom. The number of hydrogen-bond acceptors (Lipinski definition) is 7. The number of alkyl halides is 2. The molecule has 2 aromatic carbocycles. The second-order valence-corrected chi connectivity index (χ2v) is 7.07. The molecule has 29 heavy (non-hydrogen) atoms. The molecule has 0 unspecified atom stereocenters. The van der Waals surface area contributed by atoms with E-state index in [4.69, 9.17) is 9.47 Å². The standard InChI is InChI=1S/C20H19F2NO5S/c1-5-27-19(24)20(21,22)28-17-14(25-3)9-12(10-15(17)26-4)18-23-13-7-6-11(2)8-16(13)29-18/h6-10H,5H2,1-4H3. The quantitative estimate of drug-likeness (QED) is 0.508. The van der Waals surface area contributed by atoms with Crippen LogP contribution < -0.4 is 14.2 Å². The molecule has 0 N–H and O–H groups in total.